The lowest BCUT2D eigenvalue weighted by Crippen LogP contribution is -2.34. The van der Waals surface area contributed by atoms with Crippen LogP contribution in [-0.4, -0.2) is 31.8 Å². The van der Waals surface area contributed by atoms with Crippen LogP contribution in [0.25, 0.3) is 16.7 Å². The van der Waals surface area contributed by atoms with Gasteiger partial charge in [-0.15, -0.1) is 0 Å². The standard InChI is InChI=1S/C25H26N2O2/c1-28-24-9-8-20(15-25(24)29-2)22-12-18(16-26-17-22)13-23-14-21(10-11-27-23)19-6-4-3-5-7-19/h3-10,12,15-17,23,27H,11,13-14H2,1-2H3. The summed E-state index contributed by atoms with van der Waals surface area (Å²) in [5.41, 5.74) is 6.11. The molecule has 1 unspecified atom stereocenters. The van der Waals surface area contributed by atoms with E-state index in [1.807, 2.05) is 30.6 Å². The van der Waals surface area contributed by atoms with Crippen molar-refractivity contribution in [2.24, 2.45) is 0 Å². The van der Waals surface area contributed by atoms with Gasteiger partial charge in [0.15, 0.2) is 11.5 Å². The van der Waals surface area contributed by atoms with Gasteiger partial charge in [0, 0.05) is 30.5 Å². The molecule has 0 bridgehead atoms. The monoisotopic (exact) mass is 386 g/mol. The van der Waals surface area contributed by atoms with E-state index in [1.54, 1.807) is 14.2 Å². The van der Waals surface area contributed by atoms with Crippen molar-refractivity contribution in [3.8, 4) is 22.6 Å². The van der Waals surface area contributed by atoms with Crippen LogP contribution >= 0.6 is 0 Å². The molecule has 4 rings (SSSR count). The van der Waals surface area contributed by atoms with Crippen molar-refractivity contribution in [2.45, 2.75) is 18.9 Å². The summed E-state index contributed by atoms with van der Waals surface area (Å²) in [6, 6.07) is 19.2. The topological polar surface area (TPSA) is 43.4 Å². The third-order valence-corrected chi connectivity index (χ3v) is 5.36. The molecule has 0 fully saturated rings. The first-order valence-electron chi connectivity index (χ1n) is 9.91. The summed E-state index contributed by atoms with van der Waals surface area (Å²) in [6.07, 6.45) is 8.12. The van der Waals surface area contributed by atoms with Crippen LogP contribution in [0.2, 0.25) is 0 Å². The molecule has 1 aliphatic rings. The van der Waals surface area contributed by atoms with Crippen molar-refractivity contribution in [2.75, 3.05) is 20.8 Å². The van der Waals surface area contributed by atoms with E-state index in [1.165, 1.54) is 16.7 Å². The van der Waals surface area contributed by atoms with Crippen LogP contribution in [-0.2, 0) is 6.42 Å². The Bertz CT molecular complexity index is 999. The van der Waals surface area contributed by atoms with Gasteiger partial charge >= 0.3 is 0 Å². The fraction of sp³-hybridized carbons (Fsp3) is 0.240. The maximum Gasteiger partial charge on any atom is 0.161 e. The Morgan fingerprint density at radius 3 is 2.52 bits per heavy atom. The van der Waals surface area contributed by atoms with Gasteiger partial charge in [-0.3, -0.25) is 4.98 Å². The van der Waals surface area contributed by atoms with E-state index in [-0.39, 0.29) is 0 Å². The Labute approximate surface area is 172 Å². The van der Waals surface area contributed by atoms with Gasteiger partial charge in [0.25, 0.3) is 0 Å². The first-order valence-corrected chi connectivity index (χ1v) is 9.91. The first-order chi connectivity index (χ1) is 14.3. The Kier molecular flexibility index (Phi) is 5.92. The van der Waals surface area contributed by atoms with Crippen LogP contribution in [0.15, 0.2) is 73.1 Å². The molecule has 0 aliphatic carbocycles. The molecule has 1 N–H and O–H groups in total. The first kappa shape index (κ1) is 19.2. The molecule has 1 aliphatic heterocycles. The molecule has 1 atom stereocenters. The van der Waals surface area contributed by atoms with Gasteiger partial charge < -0.3 is 14.8 Å². The third kappa shape index (κ3) is 4.49. The fourth-order valence-corrected chi connectivity index (χ4v) is 3.86. The van der Waals surface area contributed by atoms with Crippen molar-refractivity contribution in [1.29, 1.82) is 0 Å². The van der Waals surface area contributed by atoms with E-state index in [0.717, 1.165) is 42.0 Å². The second-order valence-corrected chi connectivity index (χ2v) is 7.26. The summed E-state index contributed by atoms with van der Waals surface area (Å²) in [5.74, 6) is 1.45. The summed E-state index contributed by atoms with van der Waals surface area (Å²) in [5, 5.41) is 3.62. The van der Waals surface area contributed by atoms with Gasteiger partial charge in [0.05, 0.1) is 14.2 Å². The normalized spacial score (nSPS) is 16.2. The van der Waals surface area contributed by atoms with Gasteiger partial charge in [-0.05, 0) is 53.3 Å². The van der Waals surface area contributed by atoms with Crippen molar-refractivity contribution in [3.05, 3.63) is 84.2 Å². The maximum absolute atomic E-state index is 5.44. The molecule has 148 valence electrons. The molecular weight excluding hydrogens is 360 g/mol. The van der Waals surface area contributed by atoms with Crippen molar-refractivity contribution in [3.63, 3.8) is 0 Å². The quantitative estimate of drug-likeness (QED) is 0.664. The molecular formula is C25H26N2O2. The number of hydrogen-bond donors (Lipinski definition) is 1. The highest BCUT2D eigenvalue weighted by Crippen LogP contribution is 2.32. The molecule has 29 heavy (non-hydrogen) atoms. The van der Waals surface area contributed by atoms with Crippen molar-refractivity contribution < 1.29 is 9.47 Å². The highest BCUT2D eigenvalue weighted by molar-refractivity contribution is 5.68. The summed E-state index contributed by atoms with van der Waals surface area (Å²) in [7, 11) is 3.30. The number of aromatic nitrogens is 1. The Balaban J connectivity index is 1.50. The minimum absolute atomic E-state index is 0.401. The summed E-state index contributed by atoms with van der Waals surface area (Å²) >= 11 is 0. The number of pyridine rings is 1. The van der Waals surface area contributed by atoms with E-state index in [4.69, 9.17) is 9.47 Å². The van der Waals surface area contributed by atoms with Crippen LogP contribution in [0.1, 0.15) is 17.5 Å². The number of methoxy groups -OCH3 is 2. The summed E-state index contributed by atoms with van der Waals surface area (Å²) in [4.78, 5) is 4.49. The van der Waals surface area contributed by atoms with E-state index in [0.29, 0.717) is 6.04 Å². The fourth-order valence-electron chi connectivity index (χ4n) is 3.86. The highest BCUT2D eigenvalue weighted by Gasteiger charge is 2.17. The number of rotatable bonds is 6. The van der Waals surface area contributed by atoms with Gasteiger partial charge in [0.1, 0.15) is 0 Å². The number of hydrogen-bond acceptors (Lipinski definition) is 4. The van der Waals surface area contributed by atoms with Crippen LogP contribution < -0.4 is 14.8 Å². The number of nitrogens with one attached hydrogen (secondary N) is 1. The van der Waals surface area contributed by atoms with Gasteiger partial charge in [-0.1, -0.05) is 42.5 Å². The average molecular weight is 386 g/mol. The zero-order valence-electron chi connectivity index (χ0n) is 16.9. The average Bonchev–Trinajstić information content (AvgIpc) is 2.79. The molecule has 3 aromatic rings. The summed E-state index contributed by atoms with van der Waals surface area (Å²) < 4.78 is 10.8. The van der Waals surface area contributed by atoms with E-state index in [9.17, 15) is 0 Å². The van der Waals surface area contributed by atoms with Gasteiger partial charge in [-0.25, -0.2) is 0 Å². The Hall–Kier alpha value is -3.11. The second kappa shape index (κ2) is 8.93. The molecule has 4 nitrogen and oxygen atoms in total. The molecule has 2 heterocycles. The molecule has 2 aromatic carbocycles. The predicted octanol–water partition coefficient (Wildman–Crippen LogP) is 4.75. The van der Waals surface area contributed by atoms with E-state index >= 15 is 0 Å². The van der Waals surface area contributed by atoms with Crippen molar-refractivity contribution >= 4 is 5.57 Å². The number of nitrogens with zero attached hydrogens (tertiary/aromatic N) is 1. The predicted molar refractivity (Wildman–Crippen MR) is 117 cm³/mol. The molecule has 0 saturated heterocycles. The molecule has 1 aromatic heterocycles. The lowest BCUT2D eigenvalue weighted by Gasteiger charge is -2.25. The van der Waals surface area contributed by atoms with Crippen LogP contribution in [0.4, 0.5) is 0 Å². The second-order valence-electron chi connectivity index (χ2n) is 7.26. The molecule has 0 radical (unpaired) electrons. The molecule has 0 spiro atoms. The van der Waals surface area contributed by atoms with Gasteiger partial charge in [0.2, 0.25) is 0 Å². The summed E-state index contributed by atoms with van der Waals surface area (Å²) in [6.45, 7) is 0.900. The maximum atomic E-state index is 5.44. The molecule has 0 saturated carbocycles. The number of ether oxygens (including phenoxy) is 2. The molecule has 4 heteroatoms. The highest BCUT2D eigenvalue weighted by atomic mass is 16.5. The van der Waals surface area contributed by atoms with Crippen LogP contribution in [0.5, 0.6) is 11.5 Å². The van der Waals surface area contributed by atoms with E-state index in [2.05, 4.69) is 52.8 Å². The zero-order chi connectivity index (χ0) is 20.1. The SMILES string of the molecule is COc1ccc(-c2cncc(CC3CC(c4ccccc4)=CCN3)c2)cc1OC. The third-order valence-electron chi connectivity index (χ3n) is 5.36. The lowest BCUT2D eigenvalue weighted by molar-refractivity contribution is 0.355. The minimum Gasteiger partial charge on any atom is -0.493 e. The lowest BCUT2D eigenvalue weighted by atomic mass is 9.92. The Morgan fingerprint density at radius 1 is 0.897 bits per heavy atom. The molecule has 0 amide bonds. The smallest absolute Gasteiger partial charge is 0.161 e. The van der Waals surface area contributed by atoms with Gasteiger partial charge in [-0.2, -0.15) is 0 Å². The van der Waals surface area contributed by atoms with Crippen molar-refractivity contribution in [1.82, 2.24) is 10.3 Å². The number of benzene rings is 2. The van der Waals surface area contributed by atoms with E-state index < -0.39 is 0 Å². The Morgan fingerprint density at radius 2 is 1.72 bits per heavy atom. The largest absolute Gasteiger partial charge is 0.493 e. The van der Waals surface area contributed by atoms with Crippen LogP contribution in [0, 0.1) is 0 Å². The van der Waals surface area contributed by atoms with Crippen LogP contribution in [0.3, 0.4) is 0 Å². The minimum atomic E-state index is 0.401. The zero-order valence-corrected chi connectivity index (χ0v) is 16.9.